The van der Waals surface area contributed by atoms with Gasteiger partial charge in [-0.3, -0.25) is 9.78 Å². The summed E-state index contributed by atoms with van der Waals surface area (Å²) in [6.45, 7) is 1.73. The second-order valence-electron chi connectivity index (χ2n) is 8.55. The summed E-state index contributed by atoms with van der Waals surface area (Å²) in [6.07, 6.45) is 5.99. The Balaban J connectivity index is 1.12. The number of anilines is 1. The maximum atomic E-state index is 14.5. The molecule has 0 unspecified atom stereocenters. The van der Waals surface area contributed by atoms with Gasteiger partial charge in [0, 0.05) is 30.8 Å². The monoisotopic (exact) mass is 467 g/mol. The first-order valence-electron chi connectivity index (χ1n) is 11.3. The van der Waals surface area contributed by atoms with Crippen LogP contribution in [0.2, 0.25) is 0 Å². The number of halogens is 1. The summed E-state index contributed by atoms with van der Waals surface area (Å²) in [5.41, 5.74) is 2.41. The molecule has 10 nitrogen and oxygen atoms in total. The van der Waals surface area contributed by atoms with E-state index in [1.807, 2.05) is 0 Å². The Morgan fingerprint density at radius 2 is 2.12 bits per heavy atom. The quantitative estimate of drug-likeness (QED) is 0.456. The van der Waals surface area contributed by atoms with Crippen LogP contribution in [0, 0.1) is 11.7 Å². The first kappa shape index (κ1) is 22.4. The van der Waals surface area contributed by atoms with Gasteiger partial charge in [-0.1, -0.05) is 0 Å². The van der Waals surface area contributed by atoms with Crippen LogP contribution in [0.15, 0.2) is 24.5 Å². The zero-order valence-corrected chi connectivity index (χ0v) is 18.8. The van der Waals surface area contributed by atoms with Gasteiger partial charge in [0.2, 0.25) is 5.88 Å². The maximum absolute atomic E-state index is 14.5. The number of pyridine rings is 2. The van der Waals surface area contributed by atoms with Gasteiger partial charge >= 0.3 is 0 Å². The number of ether oxygens (including phenoxy) is 2. The van der Waals surface area contributed by atoms with E-state index in [-0.39, 0.29) is 18.3 Å². The minimum absolute atomic E-state index is 0.0368. The largest absolute Gasteiger partial charge is 0.481 e. The molecule has 0 saturated heterocycles. The van der Waals surface area contributed by atoms with Gasteiger partial charge in [-0.25, -0.2) is 19.3 Å². The van der Waals surface area contributed by atoms with Gasteiger partial charge in [-0.15, -0.1) is 0 Å². The van der Waals surface area contributed by atoms with Crippen LogP contribution in [0.3, 0.4) is 0 Å². The summed E-state index contributed by atoms with van der Waals surface area (Å²) < 4.78 is 24.9. The Morgan fingerprint density at radius 3 is 3.00 bits per heavy atom. The molecule has 1 amide bonds. The number of rotatable bonds is 8. The van der Waals surface area contributed by atoms with Crippen LogP contribution in [-0.4, -0.2) is 52.1 Å². The molecule has 3 aromatic heterocycles. The number of hydrogen-bond acceptors (Lipinski definition) is 9. The zero-order chi connectivity index (χ0) is 23.5. The first-order chi connectivity index (χ1) is 16.6. The molecule has 2 atom stereocenters. The highest BCUT2D eigenvalue weighted by atomic mass is 19.1. The Kier molecular flexibility index (Phi) is 6.45. The molecular formula is C23H26FN7O3. The molecule has 0 bridgehead atoms. The average Bonchev–Trinajstić information content (AvgIpc) is 3.30. The molecule has 1 aliphatic heterocycles. The molecule has 0 spiro atoms. The molecule has 5 rings (SSSR count). The highest BCUT2D eigenvalue weighted by molar-refractivity contribution is 5.93. The van der Waals surface area contributed by atoms with Crippen molar-refractivity contribution < 1.29 is 18.7 Å². The van der Waals surface area contributed by atoms with Gasteiger partial charge in [0.05, 0.1) is 30.7 Å². The Labute approximate surface area is 195 Å². The lowest BCUT2D eigenvalue weighted by Crippen LogP contribution is -2.29. The topological polar surface area (TPSA) is 123 Å². The summed E-state index contributed by atoms with van der Waals surface area (Å²) in [5, 5.41) is 9.59. The number of fused-ring (bicyclic) bond motifs is 2. The van der Waals surface area contributed by atoms with Crippen LogP contribution in [0.4, 0.5) is 10.2 Å². The number of hydrogen-bond donors (Lipinski definition) is 3. The lowest BCUT2D eigenvalue weighted by Gasteiger charge is -2.17. The van der Waals surface area contributed by atoms with E-state index < -0.39 is 0 Å². The molecule has 11 heteroatoms. The third-order valence-corrected chi connectivity index (χ3v) is 6.18. The molecule has 1 aliphatic carbocycles. The molecule has 34 heavy (non-hydrogen) atoms. The molecule has 1 fully saturated rings. The maximum Gasteiger partial charge on any atom is 0.263 e. The summed E-state index contributed by atoms with van der Waals surface area (Å²) in [4.78, 5) is 28.6. The second-order valence-corrected chi connectivity index (χ2v) is 8.55. The molecule has 178 valence electrons. The highest BCUT2D eigenvalue weighted by Gasteiger charge is 2.25. The van der Waals surface area contributed by atoms with Crippen molar-refractivity contribution in [3.63, 3.8) is 0 Å². The van der Waals surface area contributed by atoms with Crippen LogP contribution in [0.1, 0.15) is 30.5 Å². The Morgan fingerprint density at radius 1 is 1.21 bits per heavy atom. The summed E-state index contributed by atoms with van der Waals surface area (Å²) in [7, 11) is 1.54. The predicted molar refractivity (Wildman–Crippen MR) is 122 cm³/mol. The summed E-state index contributed by atoms with van der Waals surface area (Å²) >= 11 is 0. The van der Waals surface area contributed by atoms with Crippen molar-refractivity contribution in [3.8, 4) is 11.8 Å². The third-order valence-electron chi connectivity index (χ3n) is 6.18. The minimum atomic E-state index is -0.371. The van der Waals surface area contributed by atoms with E-state index in [0.717, 1.165) is 31.5 Å². The third kappa shape index (κ3) is 4.90. The van der Waals surface area contributed by atoms with Crippen molar-refractivity contribution in [1.82, 2.24) is 30.6 Å². The Hall–Kier alpha value is -3.44. The van der Waals surface area contributed by atoms with Crippen molar-refractivity contribution in [2.24, 2.45) is 5.92 Å². The zero-order valence-electron chi connectivity index (χ0n) is 18.8. The van der Waals surface area contributed by atoms with Crippen LogP contribution in [0.5, 0.6) is 11.8 Å². The van der Waals surface area contributed by atoms with E-state index in [1.165, 1.54) is 13.3 Å². The van der Waals surface area contributed by atoms with Crippen LogP contribution < -0.4 is 25.4 Å². The van der Waals surface area contributed by atoms with E-state index in [2.05, 4.69) is 35.9 Å². The fourth-order valence-corrected chi connectivity index (χ4v) is 4.44. The average molecular weight is 468 g/mol. The highest BCUT2D eigenvalue weighted by Crippen LogP contribution is 2.27. The number of amides is 1. The molecule has 0 radical (unpaired) electrons. The fraction of sp³-hybridized carbons (Fsp3) is 0.435. The molecule has 3 aromatic rings. The van der Waals surface area contributed by atoms with E-state index in [0.29, 0.717) is 59.2 Å². The van der Waals surface area contributed by atoms with Crippen molar-refractivity contribution in [2.45, 2.75) is 38.4 Å². The molecular weight excluding hydrogens is 441 g/mol. The van der Waals surface area contributed by atoms with E-state index in [9.17, 15) is 9.18 Å². The number of carbonyl (C=O) groups is 1. The predicted octanol–water partition coefficient (Wildman–Crippen LogP) is 1.95. The van der Waals surface area contributed by atoms with E-state index in [1.54, 1.807) is 18.3 Å². The van der Waals surface area contributed by atoms with Crippen LogP contribution >= 0.6 is 0 Å². The minimum Gasteiger partial charge on any atom is -0.481 e. The van der Waals surface area contributed by atoms with E-state index in [4.69, 9.17) is 9.47 Å². The van der Waals surface area contributed by atoms with Crippen molar-refractivity contribution >= 4 is 22.8 Å². The SMILES string of the molecule is COc1ccc2ncc(F)c(CN[C@H]3CC[C@@H](CNCc4cnc5c(n4)NC(=O)CO5)C3)c2n1. The molecule has 4 heterocycles. The van der Waals surface area contributed by atoms with E-state index >= 15 is 0 Å². The Bertz CT molecular complexity index is 1210. The lowest BCUT2D eigenvalue weighted by atomic mass is 10.1. The summed E-state index contributed by atoms with van der Waals surface area (Å²) in [6, 6.07) is 3.81. The molecule has 1 saturated carbocycles. The summed E-state index contributed by atoms with van der Waals surface area (Å²) in [5.74, 6) is 1.05. The fourth-order valence-electron chi connectivity index (χ4n) is 4.44. The van der Waals surface area contributed by atoms with Gasteiger partial charge in [0.15, 0.2) is 12.4 Å². The number of nitrogens with one attached hydrogen (secondary N) is 3. The standard InChI is InChI=1S/C23H26FN7O3/c1-33-20-5-4-18-21(31-20)16(17(24)11-27-18)10-26-14-3-2-13(6-14)7-25-8-15-9-28-23-22(29-15)30-19(32)12-34-23/h4-5,9,11,13-14,25-26H,2-3,6-8,10,12H2,1H3,(H,29,30,32)/t13-,14+/m1/s1. The van der Waals surface area contributed by atoms with Crippen LogP contribution in [-0.2, 0) is 17.9 Å². The molecule has 3 N–H and O–H groups in total. The smallest absolute Gasteiger partial charge is 0.263 e. The lowest BCUT2D eigenvalue weighted by molar-refractivity contribution is -0.118. The first-order valence-corrected chi connectivity index (χ1v) is 11.3. The van der Waals surface area contributed by atoms with Gasteiger partial charge in [0.25, 0.3) is 11.8 Å². The van der Waals surface area contributed by atoms with Crippen molar-refractivity contribution in [2.75, 3.05) is 25.6 Å². The van der Waals surface area contributed by atoms with Gasteiger partial charge in [-0.05, 0) is 37.8 Å². The van der Waals surface area contributed by atoms with Crippen molar-refractivity contribution in [3.05, 3.63) is 41.6 Å². The number of carbonyl (C=O) groups excluding carboxylic acids is 1. The van der Waals surface area contributed by atoms with Gasteiger partial charge in [-0.2, -0.15) is 0 Å². The normalized spacial score (nSPS) is 19.5. The number of nitrogens with zero attached hydrogens (tertiary/aromatic N) is 4. The van der Waals surface area contributed by atoms with Crippen molar-refractivity contribution in [1.29, 1.82) is 0 Å². The second kappa shape index (κ2) is 9.82. The number of aromatic nitrogens is 4. The molecule has 2 aliphatic rings. The molecule has 0 aromatic carbocycles. The van der Waals surface area contributed by atoms with Crippen LogP contribution in [0.25, 0.3) is 11.0 Å². The van der Waals surface area contributed by atoms with Gasteiger partial charge in [0.1, 0.15) is 11.3 Å². The number of methoxy groups -OCH3 is 1. The van der Waals surface area contributed by atoms with Gasteiger partial charge < -0.3 is 25.4 Å².